The van der Waals surface area contributed by atoms with E-state index in [0.29, 0.717) is 24.9 Å². The summed E-state index contributed by atoms with van der Waals surface area (Å²) in [6.45, 7) is 17.2. The van der Waals surface area contributed by atoms with E-state index in [1.807, 2.05) is 58.0 Å². The highest BCUT2D eigenvalue weighted by Crippen LogP contribution is 2.43. The zero-order valence-electron chi connectivity index (χ0n) is 37.6. The van der Waals surface area contributed by atoms with Gasteiger partial charge in [-0.3, -0.25) is 24.1 Å². The summed E-state index contributed by atoms with van der Waals surface area (Å²) in [5.74, 6) is -2.09. The van der Waals surface area contributed by atoms with Crippen LogP contribution < -0.4 is 10.6 Å². The van der Waals surface area contributed by atoms with Gasteiger partial charge in [-0.15, -0.1) is 0 Å². The number of ether oxygens (including phenoxy) is 3. The first-order valence-corrected chi connectivity index (χ1v) is 21.7. The fraction of sp³-hybridized carbons (Fsp3) is 0.756. The Hall–Kier alpha value is -3.75. The van der Waals surface area contributed by atoms with E-state index in [2.05, 4.69) is 10.6 Å². The lowest BCUT2D eigenvalue weighted by Crippen LogP contribution is -2.61. The molecule has 1 aliphatic carbocycles. The van der Waals surface area contributed by atoms with Crippen LogP contribution >= 0.6 is 0 Å². The van der Waals surface area contributed by atoms with Crippen molar-refractivity contribution >= 4 is 29.7 Å². The van der Waals surface area contributed by atoms with Crippen molar-refractivity contribution in [1.82, 2.24) is 25.3 Å². The molecule has 2 aliphatic heterocycles. The van der Waals surface area contributed by atoms with E-state index in [4.69, 9.17) is 14.2 Å². The summed E-state index contributed by atoms with van der Waals surface area (Å²) in [4.78, 5) is 74.8. The van der Waals surface area contributed by atoms with Gasteiger partial charge in [0.15, 0.2) is 0 Å². The number of carbonyl (C=O) groups is 5. The largest absolute Gasteiger partial charge is 0.444 e. The van der Waals surface area contributed by atoms with Gasteiger partial charge in [0.1, 0.15) is 17.7 Å². The number of hydrogen-bond donors (Lipinski definition) is 3. The van der Waals surface area contributed by atoms with Crippen molar-refractivity contribution in [1.29, 1.82) is 0 Å². The lowest BCUT2D eigenvalue weighted by atomic mass is 9.89. The Bertz CT molecular complexity index is 1590. The Morgan fingerprint density at radius 2 is 1.61 bits per heavy atom. The maximum Gasteiger partial charge on any atom is 0.411 e. The van der Waals surface area contributed by atoms with Gasteiger partial charge < -0.3 is 39.8 Å². The van der Waals surface area contributed by atoms with Crippen LogP contribution in [0, 0.1) is 23.7 Å². The highest BCUT2D eigenvalue weighted by atomic mass is 16.6. The van der Waals surface area contributed by atoms with Crippen LogP contribution in [-0.4, -0.2) is 131 Å². The summed E-state index contributed by atoms with van der Waals surface area (Å²) in [6, 6.07) is 6.04. The van der Waals surface area contributed by atoms with E-state index in [-0.39, 0.29) is 59.9 Å². The van der Waals surface area contributed by atoms with Crippen molar-refractivity contribution in [3.05, 3.63) is 35.9 Å². The van der Waals surface area contributed by atoms with Crippen molar-refractivity contribution in [3.8, 4) is 0 Å². The number of amides is 5. The molecular weight excluding hydrogens is 755 g/mol. The normalized spacial score (nSPS) is 24.4. The average molecular weight is 828 g/mol. The molecule has 2 saturated heterocycles. The minimum absolute atomic E-state index is 0.00830. The second kappa shape index (κ2) is 20.7. The Balaban J connectivity index is 1.47. The minimum Gasteiger partial charge on any atom is -0.444 e. The molecule has 14 heteroatoms. The molecule has 14 nitrogen and oxygen atoms in total. The molecule has 5 amide bonds. The molecule has 3 fully saturated rings. The molecule has 59 heavy (non-hydrogen) atoms. The number of fused-ring (bicyclic) bond motifs is 2. The smallest absolute Gasteiger partial charge is 0.411 e. The number of benzene rings is 1. The highest BCUT2D eigenvalue weighted by Gasteiger charge is 2.53. The molecule has 3 N–H and O–H groups in total. The topological polar surface area (TPSA) is 167 Å². The van der Waals surface area contributed by atoms with Crippen LogP contribution in [0.1, 0.15) is 119 Å². The first-order chi connectivity index (χ1) is 27.8. The Labute approximate surface area is 352 Å². The molecule has 3 unspecified atom stereocenters. The number of likely N-dealkylation sites (N-methyl/N-ethyl adjacent to an activating group) is 1. The van der Waals surface area contributed by atoms with Crippen LogP contribution in [0.25, 0.3) is 0 Å². The first-order valence-electron chi connectivity index (χ1n) is 21.7. The van der Waals surface area contributed by atoms with Crippen LogP contribution in [0.2, 0.25) is 0 Å². The Morgan fingerprint density at radius 3 is 2.19 bits per heavy atom. The summed E-state index contributed by atoms with van der Waals surface area (Å²) < 4.78 is 17.7. The minimum atomic E-state index is -0.892. The quantitative estimate of drug-likeness (QED) is 0.183. The van der Waals surface area contributed by atoms with E-state index >= 15 is 0 Å². The molecule has 12 atom stereocenters. The number of likely N-dealkylation sites (tertiary alicyclic amines) is 2. The van der Waals surface area contributed by atoms with Gasteiger partial charge in [0.25, 0.3) is 0 Å². The molecule has 0 radical (unpaired) electrons. The van der Waals surface area contributed by atoms with Gasteiger partial charge in [0, 0.05) is 33.9 Å². The van der Waals surface area contributed by atoms with E-state index in [0.717, 1.165) is 25.7 Å². The van der Waals surface area contributed by atoms with Crippen LogP contribution in [0.3, 0.4) is 0 Å². The third kappa shape index (κ3) is 11.3. The molecule has 0 spiro atoms. The fourth-order valence-corrected chi connectivity index (χ4v) is 9.55. The Kier molecular flexibility index (Phi) is 16.8. The van der Waals surface area contributed by atoms with Crippen LogP contribution in [-0.2, 0) is 33.4 Å². The fourth-order valence-electron chi connectivity index (χ4n) is 9.55. The number of nitrogens with one attached hydrogen (secondary N) is 2. The maximum atomic E-state index is 14.5. The van der Waals surface area contributed by atoms with Gasteiger partial charge in [-0.2, -0.15) is 0 Å². The van der Waals surface area contributed by atoms with Crippen LogP contribution in [0.4, 0.5) is 4.79 Å². The lowest BCUT2D eigenvalue weighted by molar-refractivity contribution is -0.148. The third-order valence-corrected chi connectivity index (χ3v) is 12.9. The molecule has 4 rings (SSSR count). The highest BCUT2D eigenvalue weighted by molar-refractivity contribution is 5.92. The first kappa shape index (κ1) is 47.9. The maximum absolute atomic E-state index is 14.5. The number of methoxy groups -OCH3 is 2. The van der Waals surface area contributed by atoms with Gasteiger partial charge in [0.05, 0.1) is 48.8 Å². The summed E-state index contributed by atoms with van der Waals surface area (Å²) in [6.07, 6.45) is 1.77. The zero-order chi connectivity index (χ0) is 43.9. The molecule has 3 aliphatic rings. The predicted octanol–water partition coefficient (Wildman–Crippen LogP) is 5.07. The number of nitrogens with zero attached hydrogens (tertiary/aromatic N) is 3. The predicted molar refractivity (Wildman–Crippen MR) is 225 cm³/mol. The standard InChI is InChI=1S/C45H73N5O9/c1-13-27(4)37(48(10)43(55)36(26(2)3)47-42(54)38-31-21-22-32(24-31)50(38)44(56)59-45(7,8)9)34(57-11)25-35(51)49-23-17-20-33(49)40(58-12)28(5)41(53)46-29(6)39(52)30-18-15-14-16-19-30/h14-16,18-19,26-29,31-34,36-40,52H,13,17,20-25H2,1-12H3,(H,46,53)(H,47,54)/t27-,28+,29+,31?,32?,33-,34+,36-,37-,38?,39+,40+/m0/s1. The third-order valence-electron chi connectivity index (χ3n) is 12.9. The number of carbonyl (C=O) groups excluding carboxylic acids is 5. The average Bonchev–Trinajstić information content (AvgIpc) is 3.96. The van der Waals surface area contributed by atoms with Crippen LogP contribution in [0.15, 0.2) is 30.3 Å². The van der Waals surface area contributed by atoms with Gasteiger partial charge in [-0.25, -0.2) is 4.79 Å². The van der Waals surface area contributed by atoms with Crippen molar-refractivity contribution in [2.45, 2.75) is 167 Å². The van der Waals surface area contributed by atoms with E-state index in [1.165, 1.54) is 0 Å². The van der Waals surface area contributed by atoms with Crippen molar-refractivity contribution in [2.24, 2.45) is 23.7 Å². The van der Waals surface area contributed by atoms with E-state index in [1.54, 1.807) is 70.6 Å². The summed E-state index contributed by atoms with van der Waals surface area (Å²) in [7, 11) is 4.80. The monoisotopic (exact) mass is 828 g/mol. The number of piperidine rings is 1. The number of aliphatic hydroxyl groups is 1. The molecule has 0 aromatic heterocycles. The number of hydrogen-bond acceptors (Lipinski definition) is 9. The van der Waals surface area contributed by atoms with Gasteiger partial charge in [-0.1, -0.05) is 71.4 Å². The SMILES string of the molecule is CC[C@H](C)[C@@H]([C@@H](CC(=O)N1CCC[C@H]1[C@H](OC)[C@@H](C)C(=O)N[C@H](C)[C@@H](O)c1ccccc1)OC)N(C)C(=O)[C@@H](NC(=O)C1C2CCC(C2)N1C(=O)OC(C)(C)C)C(C)C. The van der Waals surface area contributed by atoms with Gasteiger partial charge in [-0.05, 0) is 83.1 Å². The van der Waals surface area contributed by atoms with Crippen molar-refractivity contribution in [3.63, 3.8) is 0 Å². The summed E-state index contributed by atoms with van der Waals surface area (Å²) in [5, 5.41) is 16.9. The summed E-state index contributed by atoms with van der Waals surface area (Å²) >= 11 is 0. The lowest BCUT2D eigenvalue weighted by Gasteiger charge is -2.41. The van der Waals surface area contributed by atoms with E-state index in [9.17, 15) is 29.1 Å². The summed E-state index contributed by atoms with van der Waals surface area (Å²) in [5.41, 5.74) is -0.0156. The van der Waals surface area contributed by atoms with Crippen molar-refractivity contribution < 1.29 is 43.3 Å². The van der Waals surface area contributed by atoms with E-state index < -0.39 is 60.1 Å². The molecule has 1 aromatic carbocycles. The molecule has 332 valence electrons. The second-order valence-electron chi connectivity index (χ2n) is 18.5. The zero-order valence-corrected chi connectivity index (χ0v) is 37.6. The van der Waals surface area contributed by atoms with Gasteiger partial charge >= 0.3 is 6.09 Å². The van der Waals surface area contributed by atoms with Crippen LogP contribution in [0.5, 0.6) is 0 Å². The number of aliphatic hydroxyl groups excluding tert-OH is 1. The molecule has 1 aromatic rings. The second-order valence-corrected chi connectivity index (χ2v) is 18.5. The molecular formula is C45H73N5O9. The Morgan fingerprint density at radius 1 is 0.949 bits per heavy atom. The molecule has 2 heterocycles. The van der Waals surface area contributed by atoms with Gasteiger partial charge in [0.2, 0.25) is 23.6 Å². The van der Waals surface area contributed by atoms with Crippen molar-refractivity contribution in [2.75, 3.05) is 27.8 Å². The number of rotatable bonds is 18. The molecule has 2 bridgehead atoms. The molecule has 1 saturated carbocycles.